The zero-order valence-corrected chi connectivity index (χ0v) is 11.8. The van der Waals surface area contributed by atoms with Crippen molar-refractivity contribution in [1.82, 2.24) is 4.90 Å². The number of nitrogens with zero attached hydrogens (tertiary/aromatic N) is 1. The molecule has 1 aromatic rings. The lowest BCUT2D eigenvalue weighted by molar-refractivity contribution is 0.179. The Morgan fingerprint density at radius 3 is 2.74 bits per heavy atom. The van der Waals surface area contributed by atoms with Crippen molar-refractivity contribution in [2.45, 2.75) is 63.6 Å². The molecule has 0 aliphatic heterocycles. The predicted molar refractivity (Wildman–Crippen MR) is 76.7 cm³/mol. The fourth-order valence-electron chi connectivity index (χ4n) is 3.33. The van der Waals surface area contributed by atoms with Crippen LogP contribution in [-0.4, -0.2) is 23.5 Å². The first-order valence-electron chi connectivity index (χ1n) is 7.85. The van der Waals surface area contributed by atoms with Gasteiger partial charge in [0.1, 0.15) is 5.76 Å². The molecule has 3 nitrogen and oxygen atoms in total. The first kappa shape index (κ1) is 13.2. The van der Waals surface area contributed by atoms with Gasteiger partial charge in [0.05, 0.1) is 12.8 Å². The Balaban J connectivity index is 1.60. The van der Waals surface area contributed by atoms with E-state index in [2.05, 4.69) is 11.0 Å². The van der Waals surface area contributed by atoms with Gasteiger partial charge in [0.25, 0.3) is 0 Å². The lowest BCUT2D eigenvalue weighted by atomic mass is 9.95. The summed E-state index contributed by atoms with van der Waals surface area (Å²) in [6.07, 6.45) is 11.0. The van der Waals surface area contributed by atoms with Gasteiger partial charge >= 0.3 is 0 Å². The maximum atomic E-state index is 6.37. The minimum absolute atomic E-state index is 0.403. The molecule has 0 bridgehead atoms. The van der Waals surface area contributed by atoms with E-state index in [0.717, 1.165) is 24.9 Å². The highest BCUT2D eigenvalue weighted by Crippen LogP contribution is 2.31. The Hall–Kier alpha value is -0.800. The molecule has 2 saturated carbocycles. The second kappa shape index (κ2) is 6.10. The number of rotatable bonds is 5. The molecular formula is C16H26N2O. The van der Waals surface area contributed by atoms with E-state index in [4.69, 9.17) is 10.2 Å². The van der Waals surface area contributed by atoms with E-state index in [9.17, 15) is 0 Å². The summed E-state index contributed by atoms with van der Waals surface area (Å²) >= 11 is 0. The number of hydrogen-bond donors (Lipinski definition) is 1. The van der Waals surface area contributed by atoms with Gasteiger partial charge in [0.15, 0.2) is 0 Å². The first-order chi connectivity index (χ1) is 9.33. The van der Waals surface area contributed by atoms with Crippen LogP contribution in [0.4, 0.5) is 0 Å². The molecule has 0 amide bonds. The molecule has 106 valence electrons. The Labute approximate surface area is 116 Å². The van der Waals surface area contributed by atoms with Gasteiger partial charge in [-0.3, -0.25) is 4.90 Å². The molecule has 2 fully saturated rings. The summed E-state index contributed by atoms with van der Waals surface area (Å²) in [6, 6.07) is 5.25. The van der Waals surface area contributed by atoms with E-state index in [-0.39, 0.29) is 0 Å². The van der Waals surface area contributed by atoms with Gasteiger partial charge in [0.2, 0.25) is 0 Å². The van der Waals surface area contributed by atoms with Crippen LogP contribution in [0.5, 0.6) is 0 Å². The van der Waals surface area contributed by atoms with Crippen molar-refractivity contribution in [2.24, 2.45) is 11.7 Å². The van der Waals surface area contributed by atoms with Crippen molar-refractivity contribution < 1.29 is 4.42 Å². The summed E-state index contributed by atoms with van der Waals surface area (Å²) in [4.78, 5) is 2.61. The maximum absolute atomic E-state index is 6.37. The molecular weight excluding hydrogens is 236 g/mol. The average Bonchev–Trinajstić information content (AvgIpc) is 3.16. The Kier molecular flexibility index (Phi) is 4.24. The lowest BCUT2D eigenvalue weighted by Crippen LogP contribution is -2.39. The SMILES string of the molecule is NC1CCCCCC1CN(Cc1ccco1)C1CC1. The predicted octanol–water partition coefficient (Wildman–Crippen LogP) is 3.15. The van der Waals surface area contributed by atoms with Gasteiger partial charge in [-0.25, -0.2) is 0 Å². The highest BCUT2D eigenvalue weighted by molar-refractivity contribution is 5.00. The second-order valence-corrected chi connectivity index (χ2v) is 6.30. The third-order valence-corrected chi connectivity index (χ3v) is 4.69. The zero-order chi connectivity index (χ0) is 13.1. The van der Waals surface area contributed by atoms with Crippen molar-refractivity contribution in [3.63, 3.8) is 0 Å². The van der Waals surface area contributed by atoms with E-state index >= 15 is 0 Å². The lowest BCUT2D eigenvalue weighted by Gasteiger charge is -2.29. The summed E-state index contributed by atoms with van der Waals surface area (Å²) in [5.74, 6) is 1.77. The largest absolute Gasteiger partial charge is 0.468 e. The maximum Gasteiger partial charge on any atom is 0.117 e. The zero-order valence-electron chi connectivity index (χ0n) is 11.8. The van der Waals surface area contributed by atoms with Crippen molar-refractivity contribution >= 4 is 0 Å². The van der Waals surface area contributed by atoms with Crippen LogP contribution in [0.1, 0.15) is 50.7 Å². The minimum Gasteiger partial charge on any atom is -0.468 e. The normalized spacial score (nSPS) is 28.5. The summed E-state index contributed by atoms with van der Waals surface area (Å²) in [7, 11) is 0. The molecule has 2 aliphatic carbocycles. The van der Waals surface area contributed by atoms with Crippen LogP contribution < -0.4 is 5.73 Å². The molecule has 2 N–H and O–H groups in total. The van der Waals surface area contributed by atoms with Crippen molar-refractivity contribution in [3.8, 4) is 0 Å². The van der Waals surface area contributed by atoms with E-state index in [1.54, 1.807) is 6.26 Å². The molecule has 2 unspecified atom stereocenters. The van der Waals surface area contributed by atoms with E-state index in [1.165, 1.54) is 44.9 Å². The standard InChI is InChI=1S/C16H26N2O/c17-16-7-3-1-2-5-13(16)11-18(14-8-9-14)12-15-6-4-10-19-15/h4,6,10,13-14,16H,1-3,5,7-9,11-12,17H2. The quantitative estimate of drug-likeness (QED) is 0.829. The number of nitrogens with two attached hydrogens (primary N) is 1. The molecule has 0 spiro atoms. The highest BCUT2D eigenvalue weighted by Gasteiger charge is 2.32. The van der Waals surface area contributed by atoms with E-state index in [1.807, 2.05) is 6.07 Å². The van der Waals surface area contributed by atoms with Gasteiger partial charge in [-0.15, -0.1) is 0 Å². The van der Waals surface area contributed by atoms with Crippen LogP contribution in [0, 0.1) is 5.92 Å². The Morgan fingerprint density at radius 2 is 2.00 bits per heavy atom. The molecule has 1 heterocycles. The van der Waals surface area contributed by atoms with Crippen molar-refractivity contribution in [3.05, 3.63) is 24.2 Å². The van der Waals surface area contributed by atoms with Crippen LogP contribution in [-0.2, 0) is 6.54 Å². The number of furan rings is 1. The van der Waals surface area contributed by atoms with Crippen LogP contribution in [0.25, 0.3) is 0 Å². The average molecular weight is 262 g/mol. The molecule has 0 aromatic carbocycles. The van der Waals surface area contributed by atoms with Crippen LogP contribution in [0.15, 0.2) is 22.8 Å². The molecule has 3 heteroatoms. The minimum atomic E-state index is 0.403. The Bertz CT molecular complexity index is 372. The van der Waals surface area contributed by atoms with E-state index < -0.39 is 0 Å². The van der Waals surface area contributed by atoms with Gasteiger partial charge < -0.3 is 10.2 Å². The summed E-state index contributed by atoms with van der Waals surface area (Å²) in [6.45, 7) is 2.12. The van der Waals surface area contributed by atoms with Crippen molar-refractivity contribution in [2.75, 3.05) is 6.54 Å². The topological polar surface area (TPSA) is 42.4 Å². The summed E-state index contributed by atoms with van der Waals surface area (Å²) < 4.78 is 5.51. The van der Waals surface area contributed by atoms with Crippen LogP contribution >= 0.6 is 0 Å². The monoisotopic (exact) mass is 262 g/mol. The summed E-state index contributed by atoms with van der Waals surface area (Å²) in [5.41, 5.74) is 6.37. The molecule has 0 radical (unpaired) electrons. The van der Waals surface area contributed by atoms with Gasteiger partial charge in [-0.05, 0) is 43.7 Å². The fraction of sp³-hybridized carbons (Fsp3) is 0.750. The molecule has 3 rings (SSSR count). The fourth-order valence-corrected chi connectivity index (χ4v) is 3.33. The third kappa shape index (κ3) is 3.61. The Morgan fingerprint density at radius 1 is 1.16 bits per heavy atom. The number of hydrogen-bond acceptors (Lipinski definition) is 3. The molecule has 0 saturated heterocycles. The van der Waals surface area contributed by atoms with Gasteiger partial charge in [-0.1, -0.05) is 19.3 Å². The van der Waals surface area contributed by atoms with Gasteiger partial charge in [-0.2, -0.15) is 0 Å². The van der Waals surface area contributed by atoms with Crippen molar-refractivity contribution in [1.29, 1.82) is 0 Å². The highest BCUT2D eigenvalue weighted by atomic mass is 16.3. The van der Waals surface area contributed by atoms with Crippen LogP contribution in [0.2, 0.25) is 0 Å². The van der Waals surface area contributed by atoms with Gasteiger partial charge in [0, 0.05) is 18.6 Å². The molecule has 19 heavy (non-hydrogen) atoms. The van der Waals surface area contributed by atoms with Crippen LogP contribution in [0.3, 0.4) is 0 Å². The molecule has 2 aliphatic rings. The van der Waals surface area contributed by atoms with E-state index in [0.29, 0.717) is 12.0 Å². The second-order valence-electron chi connectivity index (χ2n) is 6.30. The first-order valence-corrected chi connectivity index (χ1v) is 7.85. The smallest absolute Gasteiger partial charge is 0.117 e. The third-order valence-electron chi connectivity index (χ3n) is 4.69. The molecule has 2 atom stereocenters. The summed E-state index contributed by atoms with van der Waals surface area (Å²) in [5, 5.41) is 0. The molecule has 1 aromatic heterocycles.